The first-order valence-electron chi connectivity index (χ1n) is 8.91. The van der Waals surface area contributed by atoms with E-state index in [1.165, 1.54) is 28.1 Å². The third-order valence-corrected chi connectivity index (χ3v) is 6.23. The minimum Gasteiger partial charge on any atom is -0.492 e. The number of amides is 1. The summed E-state index contributed by atoms with van der Waals surface area (Å²) in [4.78, 5) is 12.2. The number of hydrogen-bond donors (Lipinski definition) is 1. The number of aryl methyl sites for hydroxylation is 2. The molecular weight excluding hydrogens is 340 g/mol. The molecule has 3 rings (SSSR count). The number of carbonyl (C=O) groups excluding carboxylic acids is 1. The lowest BCUT2D eigenvalue weighted by Gasteiger charge is -2.30. The van der Waals surface area contributed by atoms with Crippen LogP contribution in [0.5, 0.6) is 5.75 Å². The van der Waals surface area contributed by atoms with Crippen LogP contribution in [0.2, 0.25) is 0 Å². The van der Waals surface area contributed by atoms with Crippen molar-refractivity contribution in [2.45, 2.75) is 32.1 Å². The molecule has 1 fully saturated rings. The van der Waals surface area contributed by atoms with Crippen molar-refractivity contribution in [2.75, 3.05) is 32.5 Å². The maximum Gasteiger partial charge on any atom is 0.224 e. The second-order valence-corrected chi connectivity index (χ2v) is 8.87. The number of nitrogens with zero attached hydrogens (tertiary/aromatic N) is 1. The minimum absolute atomic E-state index is 0.0918. The number of rotatable bonds is 6. The van der Waals surface area contributed by atoms with E-state index in [0.717, 1.165) is 31.4 Å². The van der Waals surface area contributed by atoms with Crippen LogP contribution in [0.15, 0.2) is 18.2 Å². The van der Waals surface area contributed by atoms with Crippen LogP contribution in [-0.2, 0) is 27.7 Å². The van der Waals surface area contributed by atoms with Crippen LogP contribution in [-0.4, -0.2) is 51.1 Å². The van der Waals surface area contributed by atoms with Gasteiger partial charge in [-0.15, -0.1) is 0 Å². The smallest absolute Gasteiger partial charge is 0.224 e. The predicted molar refractivity (Wildman–Crippen MR) is 96.1 cm³/mol. The van der Waals surface area contributed by atoms with E-state index in [2.05, 4.69) is 17.4 Å². The van der Waals surface area contributed by atoms with Gasteiger partial charge in [0, 0.05) is 13.1 Å². The van der Waals surface area contributed by atoms with E-state index < -0.39 is 10.0 Å². The molecule has 1 heterocycles. The molecule has 0 unspecified atom stereocenters. The normalized spacial score (nSPS) is 20.9. The Balaban J connectivity index is 1.42. The van der Waals surface area contributed by atoms with Crippen LogP contribution >= 0.6 is 0 Å². The largest absolute Gasteiger partial charge is 0.492 e. The molecule has 1 aromatic carbocycles. The third-order valence-electron chi connectivity index (χ3n) is 4.96. The van der Waals surface area contributed by atoms with Crippen LogP contribution in [0.25, 0.3) is 0 Å². The summed E-state index contributed by atoms with van der Waals surface area (Å²) in [5.41, 5.74) is 2.78. The first kappa shape index (κ1) is 18.2. The second kappa shape index (κ2) is 7.74. The number of hydrogen-bond acceptors (Lipinski definition) is 4. The van der Waals surface area contributed by atoms with Gasteiger partial charge in [-0.25, -0.2) is 12.7 Å². The van der Waals surface area contributed by atoms with Crippen LogP contribution in [0.3, 0.4) is 0 Å². The highest BCUT2D eigenvalue weighted by molar-refractivity contribution is 7.88. The Labute approximate surface area is 149 Å². The molecule has 6 nitrogen and oxygen atoms in total. The van der Waals surface area contributed by atoms with Crippen molar-refractivity contribution in [1.82, 2.24) is 9.62 Å². The molecule has 7 heteroatoms. The van der Waals surface area contributed by atoms with Crippen molar-refractivity contribution >= 4 is 15.9 Å². The molecule has 1 atom stereocenters. The number of carbonyl (C=O) groups is 1. The van der Waals surface area contributed by atoms with E-state index in [1.54, 1.807) is 0 Å². The van der Waals surface area contributed by atoms with E-state index in [1.807, 2.05) is 6.07 Å². The number of sulfonamides is 1. The number of fused-ring (bicyclic) bond motifs is 1. The monoisotopic (exact) mass is 366 g/mol. The maximum absolute atomic E-state index is 12.2. The van der Waals surface area contributed by atoms with Gasteiger partial charge in [0.1, 0.15) is 12.4 Å². The van der Waals surface area contributed by atoms with E-state index in [-0.39, 0.29) is 18.4 Å². The highest BCUT2D eigenvalue weighted by Gasteiger charge is 2.29. The number of ether oxygens (including phenoxy) is 1. The molecule has 0 bridgehead atoms. The first-order valence-corrected chi connectivity index (χ1v) is 10.8. The molecule has 0 radical (unpaired) electrons. The number of benzene rings is 1. The molecule has 0 saturated carbocycles. The van der Waals surface area contributed by atoms with Gasteiger partial charge in [0.15, 0.2) is 0 Å². The lowest BCUT2D eigenvalue weighted by Crippen LogP contribution is -2.45. The maximum atomic E-state index is 12.2. The van der Waals surface area contributed by atoms with Gasteiger partial charge in [-0.05, 0) is 55.4 Å². The van der Waals surface area contributed by atoms with Gasteiger partial charge < -0.3 is 10.1 Å². The Morgan fingerprint density at radius 1 is 1.28 bits per heavy atom. The highest BCUT2D eigenvalue weighted by Crippen LogP contribution is 2.26. The van der Waals surface area contributed by atoms with Gasteiger partial charge in [0.25, 0.3) is 0 Å². The fourth-order valence-corrected chi connectivity index (χ4v) is 4.49. The van der Waals surface area contributed by atoms with Crippen LogP contribution in [0.1, 0.15) is 30.4 Å². The first-order chi connectivity index (χ1) is 11.9. The van der Waals surface area contributed by atoms with Crippen LogP contribution in [0.4, 0.5) is 0 Å². The quantitative estimate of drug-likeness (QED) is 0.771. The summed E-state index contributed by atoms with van der Waals surface area (Å²) in [6, 6.07) is 6.20. The van der Waals surface area contributed by atoms with E-state index in [0.29, 0.717) is 19.7 Å². The molecule has 138 valence electrons. The summed E-state index contributed by atoms with van der Waals surface area (Å²) < 4.78 is 30.4. The van der Waals surface area contributed by atoms with E-state index >= 15 is 0 Å². The number of nitrogens with one attached hydrogen (secondary N) is 1. The summed E-state index contributed by atoms with van der Waals surface area (Å²) >= 11 is 0. The van der Waals surface area contributed by atoms with Crippen molar-refractivity contribution in [3.8, 4) is 5.75 Å². The van der Waals surface area contributed by atoms with Crippen molar-refractivity contribution < 1.29 is 17.9 Å². The summed E-state index contributed by atoms with van der Waals surface area (Å²) in [5, 5.41) is 2.86. The third kappa shape index (κ3) is 4.73. The molecule has 0 spiro atoms. The van der Waals surface area contributed by atoms with Crippen LogP contribution < -0.4 is 10.1 Å². The zero-order valence-electron chi connectivity index (χ0n) is 14.7. The van der Waals surface area contributed by atoms with Crippen molar-refractivity contribution in [2.24, 2.45) is 5.92 Å². The Morgan fingerprint density at radius 3 is 2.88 bits per heavy atom. The topological polar surface area (TPSA) is 75.7 Å². The van der Waals surface area contributed by atoms with E-state index in [4.69, 9.17) is 4.74 Å². The molecule has 1 N–H and O–H groups in total. The van der Waals surface area contributed by atoms with Gasteiger partial charge in [-0.3, -0.25) is 4.79 Å². The Bertz CT molecular complexity index is 733. The van der Waals surface area contributed by atoms with Gasteiger partial charge in [-0.2, -0.15) is 0 Å². The summed E-state index contributed by atoms with van der Waals surface area (Å²) in [6.45, 7) is 1.61. The van der Waals surface area contributed by atoms with Gasteiger partial charge in [0.2, 0.25) is 15.9 Å². The molecule has 0 aromatic heterocycles. The Hall–Kier alpha value is -1.60. The Morgan fingerprint density at radius 2 is 2.08 bits per heavy atom. The highest BCUT2D eigenvalue weighted by atomic mass is 32.2. The van der Waals surface area contributed by atoms with Gasteiger partial charge in [0.05, 0.1) is 18.7 Å². The van der Waals surface area contributed by atoms with Crippen molar-refractivity contribution in [3.05, 3.63) is 29.3 Å². The fourth-order valence-electron chi connectivity index (χ4n) is 3.58. The zero-order chi connectivity index (χ0) is 17.9. The average molecular weight is 366 g/mol. The molecule has 25 heavy (non-hydrogen) atoms. The standard InChI is InChI=1S/C18H26N2O4S/c1-25(22,23)20-10-3-6-16(13-20)18(21)19-9-11-24-17-8-7-14-4-2-5-15(14)12-17/h7-8,12,16H,2-6,9-11,13H2,1H3,(H,19,21)/t16-/m1/s1. The van der Waals surface area contributed by atoms with Crippen molar-refractivity contribution in [3.63, 3.8) is 0 Å². The second-order valence-electron chi connectivity index (χ2n) is 6.88. The zero-order valence-corrected chi connectivity index (χ0v) is 15.5. The number of piperidine rings is 1. The molecule has 1 aromatic rings. The molecule has 1 amide bonds. The summed E-state index contributed by atoms with van der Waals surface area (Å²) in [5.74, 6) is 0.477. The predicted octanol–water partition coefficient (Wildman–Crippen LogP) is 1.34. The van der Waals surface area contributed by atoms with Gasteiger partial charge >= 0.3 is 0 Å². The van der Waals surface area contributed by atoms with E-state index in [9.17, 15) is 13.2 Å². The average Bonchev–Trinajstić information content (AvgIpc) is 3.05. The molecule has 1 saturated heterocycles. The van der Waals surface area contributed by atoms with Gasteiger partial charge in [-0.1, -0.05) is 6.07 Å². The van der Waals surface area contributed by atoms with Crippen molar-refractivity contribution in [1.29, 1.82) is 0 Å². The lowest BCUT2D eigenvalue weighted by atomic mass is 9.99. The Kier molecular flexibility index (Phi) is 5.64. The molecule has 1 aliphatic heterocycles. The summed E-state index contributed by atoms with van der Waals surface area (Å²) in [7, 11) is -3.23. The fraction of sp³-hybridized carbons (Fsp3) is 0.611. The molecule has 1 aliphatic carbocycles. The lowest BCUT2D eigenvalue weighted by molar-refractivity contribution is -0.126. The SMILES string of the molecule is CS(=O)(=O)N1CCC[C@@H](C(=O)NCCOc2ccc3c(c2)CCC3)C1. The van der Waals surface area contributed by atoms with Crippen LogP contribution in [0, 0.1) is 5.92 Å². The summed E-state index contributed by atoms with van der Waals surface area (Å²) in [6.07, 6.45) is 6.11. The molecular formula is C18H26N2O4S. The minimum atomic E-state index is -3.23. The molecule has 2 aliphatic rings.